The minimum atomic E-state index is -1.28. The number of aliphatic hydroxyl groups is 1. The number of ether oxygens (including phenoxy) is 1. The Morgan fingerprint density at radius 2 is 1.92 bits per heavy atom. The van der Waals surface area contributed by atoms with Crippen LogP contribution in [-0.4, -0.2) is 49.7 Å². The number of benzene rings is 1. The lowest BCUT2D eigenvalue weighted by molar-refractivity contribution is -0.145. The summed E-state index contributed by atoms with van der Waals surface area (Å²) in [6.45, 7) is 0.432. The molecule has 0 aliphatic heterocycles. The molecule has 0 atom stereocenters. The molecule has 2 rings (SSSR count). The highest BCUT2D eigenvalue weighted by Gasteiger charge is 2.11. The first-order valence-corrected chi connectivity index (χ1v) is 7.28. The maximum absolute atomic E-state index is 12.0. The minimum Gasteiger partial charge on any atom is -0.481 e. The van der Waals surface area contributed by atoms with Crippen molar-refractivity contribution in [3.63, 3.8) is 0 Å². The van der Waals surface area contributed by atoms with Crippen LogP contribution in [0, 0.1) is 0 Å². The number of aliphatic hydroxyl groups excluding tert-OH is 1. The molecule has 0 aliphatic rings. The largest absolute Gasteiger partial charge is 0.481 e. The van der Waals surface area contributed by atoms with Crippen molar-refractivity contribution in [2.24, 2.45) is 0 Å². The smallest absolute Gasteiger partial charge is 0.322 e. The molecule has 2 aromatic rings. The molecule has 0 saturated heterocycles. The molecule has 10 nitrogen and oxygen atoms in total. The second kappa shape index (κ2) is 8.55. The third-order valence-electron chi connectivity index (χ3n) is 2.99. The van der Waals surface area contributed by atoms with Crippen LogP contribution in [0.4, 0.5) is 0 Å². The number of nitrogens with zero attached hydrogens (tertiary/aromatic N) is 3. The van der Waals surface area contributed by atoms with Crippen molar-refractivity contribution in [2.45, 2.75) is 19.5 Å². The fourth-order valence-electron chi connectivity index (χ4n) is 1.87. The second-order valence-electron chi connectivity index (χ2n) is 4.95. The van der Waals surface area contributed by atoms with Crippen molar-refractivity contribution >= 4 is 17.8 Å². The Kier molecular flexibility index (Phi) is 6.18. The number of hydrogen-bond donors (Lipinski definition) is 3. The van der Waals surface area contributed by atoms with Gasteiger partial charge in [0.15, 0.2) is 0 Å². The lowest BCUT2D eigenvalue weighted by atomic mass is 10.2. The van der Waals surface area contributed by atoms with Crippen molar-refractivity contribution in [1.29, 1.82) is 0 Å². The van der Waals surface area contributed by atoms with Crippen LogP contribution in [0.3, 0.4) is 0 Å². The van der Waals surface area contributed by atoms with E-state index in [1.54, 1.807) is 6.20 Å². The maximum Gasteiger partial charge on any atom is 0.322 e. The summed E-state index contributed by atoms with van der Waals surface area (Å²) in [5.41, 5.74) is 0.877. The highest BCUT2D eigenvalue weighted by Crippen LogP contribution is 2.13. The normalized spacial score (nSPS) is 10.3. The zero-order valence-corrected chi connectivity index (χ0v) is 13.1. The van der Waals surface area contributed by atoms with E-state index in [1.807, 2.05) is 0 Å². The highest BCUT2D eigenvalue weighted by atomic mass is 16.5. The zero-order chi connectivity index (χ0) is 18.2. The molecule has 1 heterocycles. The number of carboxylic acids is 1. The fourth-order valence-corrected chi connectivity index (χ4v) is 1.87. The number of amides is 1. The number of aromatic nitrogens is 3. The van der Waals surface area contributed by atoms with Crippen molar-refractivity contribution < 1.29 is 29.3 Å². The van der Waals surface area contributed by atoms with E-state index in [2.05, 4.69) is 15.6 Å². The molecule has 3 N–H and O–H groups in total. The van der Waals surface area contributed by atoms with Gasteiger partial charge in [-0.15, -0.1) is 5.10 Å². The summed E-state index contributed by atoms with van der Waals surface area (Å²) >= 11 is 0. The van der Waals surface area contributed by atoms with Gasteiger partial charge in [-0.25, -0.2) is 4.68 Å². The molecule has 0 fully saturated rings. The van der Waals surface area contributed by atoms with Crippen LogP contribution in [0.25, 0.3) is 0 Å². The summed E-state index contributed by atoms with van der Waals surface area (Å²) in [5, 5.41) is 27.6. The van der Waals surface area contributed by atoms with Crippen LogP contribution in [0.1, 0.15) is 22.5 Å². The maximum atomic E-state index is 12.0. The molecule has 1 aromatic carbocycles. The number of carboxylic acid groups (broad SMARTS) is 1. The fraction of sp³-hybridized carbons (Fsp3) is 0.267. The molecule has 25 heavy (non-hydrogen) atoms. The predicted octanol–water partition coefficient (Wildman–Crippen LogP) is -0.420. The van der Waals surface area contributed by atoms with E-state index in [9.17, 15) is 14.4 Å². The van der Waals surface area contributed by atoms with E-state index in [0.717, 1.165) is 0 Å². The molecule has 0 saturated carbocycles. The van der Waals surface area contributed by atoms with E-state index >= 15 is 0 Å². The Bertz CT molecular complexity index is 756. The van der Waals surface area contributed by atoms with Gasteiger partial charge in [-0.2, -0.15) is 0 Å². The number of rotatable bonds is 8. The van der Waals surface area contributed by atoms with E-state index in [-0.39, 0.29) is 24.8 Å². The Labute approximate surface area is 142 Å². The van der Waals surface area contributed by atoms with Gasteiger partial charge < -0.3 is 20.3 Å². The Morgan fingerprint density at radius 1 is 1.20 bits per heavy atom. The van der Waals surface area contributed by atoms with Gasteiger partial charge in [-0.1, -0.05) is 5.21 Å². The molecule has 0 unspecified atom stereocenters. The van der Waals surface area contributed by atoms with Gasteiger partial charge in [0, 0.05) is 5.56 Å². The topological polar surface area (TPSA) is 144 Å². The number of esters is 1. The quantitative estimate of drug-likeness (QED) is 0.331. The Hall–Kier alpha value is -3.27. The Morgan fingerprint density at radius 3 is 2.56 bits per heavy atom. The summed E-state index contributed by atoms with van der Waals surface area (Å²) in [4.78, 5) is 33.7. The lowest BCUT2D eigenvalue weighted by Gasteiger charge is -2.05. The van der Waals surface area contributed by atoms with E-state index in [1.165, 1.54) is 28.9 Å². The average molecular weight is 348 g/mol. The van der Waals surface area contributed by atoms with Crippen LogP contribution >= 0.6 is 0 Å². The van der Waals surface area contributed by atoms with E-state index in [0.29, 0.717) is 17.8 Å². The molecule has 1 aromatic heterocycles. The SMILES string of the molecule is O=C(O)CC(=O)Oc1ccc(C(=O)NCc2cn(CCO)nn2)cc1. The van der Waals surface area contributed by atoms with Gasteiger partial charge in [0.1, 0.15) is 17.9 Å². The highest BCUT2D eigenvalue weighted by molar-refractivity contribution is 5.94. The number of carbonyl (C=O) groups excluding carboxylic acids is 2. The van der Waals surface area contributed by atoms with Crippen LogP contribution in [0.2, 0.25) is 0 Å². The van der Waals surface area contributed by atoms with Crippen LogP contribution in [-0.2, 0) is 22.7 Å². The standard InChI is InChI=1S/C15H16N4O6/c20-6-5-19-9-11(17-18-19)8-16-15(24)10-1-3-12(4-2-10)25-14(23)7-13(21)22/h1-4,9,20H,5-8H2,(H,16,24)(H,21,22). The Balaban J connectivity index is 1.86. The van der Waals surface area contributed by atoms with Crippen molar-refractivity contribution in [3.8, 4) is 5.75 Å². The number of aliphatic carboxylic acids is 1. The number of nitrogens with one attached hydrogen (secondary N) is 1. The van der Waals surface area contributed by atoms with Gasteiger partial charge >= 0.3 is 11.9 Å². The predicted molar refractivity (Wildman–Crippen MR) is 82.6 cm³/mol. The minimum absolute atomic E-state index is 0.0570. The van der Waals surface area contributed by atoms with E-state index in [4.69, 9.17) is 14.9 Å². The molecule has 0 radical (unpaired) electrons. The van der Waals surface area contributed by atoms with Crippen LogP contribution in [0.5, 0.6) is 5.75 Å². The zero-order valence-electron chi connectivity index (χ0n) is 13.1. The monoisotopic (exact) mass is 348 g/mol. The molecule has 0 aliphatic carbocycles. The third kappa shape index (κ3) is 5.70. The molecule has 132 valence electrons. The number of hydrogen-bond acceptors (Lipinski definition) is 7. The molecular formula is C15H16N4O6. The molecular weight excluding hydrogens is 332 g/mol. The van der Waals surface area contributed by atoms with Gasteiger partial charge in [0.2, 0.25) is 0 Å². The summed E-state index contributed by atoms with van der Waals surface area (Å²) in [5.74, 6) is -2.39. The summed E-state index contributed by atoms with van der Waals surface area (Å²) in [6, 6.07) is 5.68. The van der Waals surface area contributed by atoms with Gasteiger partial charge in [0.25, 0.3) is 5.91 Å². The van der Waals surface area contributed by atoms with Gasteiger partial charge in [-0.3, -0.25) is 14.4 Å². The third-order valence-corrected chi connectivity index (χ3v) is 2.99. The second-order valence-corrected chi connectivity index (χ2v) is 4.95. The number of carbonyl (C=O) groups is 3. The van der Waals surface area contributed by atoms with Gasteiger partial charge in [-0.05, 0) is 24.3 Å². The molecule has 0 bridgehead atoms. The summed E-state index contributed by atoms with van der Waals surface area (Å²) in [7, 11) is 0. The molecule has 10 heteroatoms. The van der Waals surface area contributed by atoms with Crippen molar-refractivity contribution in [2.75, 3.05) is 6.61 Å². The van der Waals surface area contributed by atoms with Crippen LogP contribution in [0.15, 0.2) is 30.5 Å². The first-order valence-electron chi connectivity index (χ1n) is 7.28. The lowest BCUT2D eigenvalue weighted by Crippen LogP contribution is -2.23. The van der Waals surface area contributed by atoms with Crippen molar-refractivity contribution in [3.05, 3.63) is 41.7 Å². The van der Waals surface area contributed by atoms with E-state index < -0.39 is 18.4 Å². The summed E-state index contributed by atoms with van der Waals surface area (Å²) in [6.07, 6.45) is 0.876. The van der Waals surface area contributed by atoms with Crippen LogP contribution < -0.4 is 10.1 Å². The molecule has 1 amide bonds. The molecule has 0 spiro atoms. The van der Waals surface area contributed by atoms with Gasteiger partial charge in [0.05, 0.1) is 25.9 Å². The first kappa shape index (κ1) is 18.1. The average Bonchev–Trinajstić information content (AvgIpc) is 3.00. The summed E-state index contributed by atoms with van der Waals surface area (Å²) < 4.78 is 6.28. The first-order chi connectivity index (χ1) is 12.0. The van der Waals surface area contributed by atoms with Crippen molar-refractivity contribution in [1.82, 2.24) is 20.3 Å².